The molecular weight excluding hydrogens is 274 g/mol. The molecule has 0 atom stereocenters. The van der Waals surface area contributed by atoms with E-state index in [1.807, 2.05) is 0 Å². The molecule has 5 nitrogen and oxygen atoms in total. The number of aryl methyl sites for hydroxylation is 1. The Balaban J connectivity index is 2.18. The minimum absolute atomic E-state index is 0.363. The molecule has 0 aliphatic heterocycles. The number of aromatic carboxylic acids is 1. The zero-order valence-electron chi connectivity index (χ0n) is 12.6. The Morgan fingerprint density at radius 1 is 1.35 bits per heavy atom. The molecule has 1 aromatic rings. The van der Waals surface area contributed by atoms with Gasteiger partial charge in [0.15, 0.2) is 0 Å². The number of hydrogen-bond donors (Lipinski definition) is 2. The molecule has 0 radical (unpaired) electrons. The van der Waals surface area contributed by atoms with Crippen molar-refractivity contribution in [3.05, 3.63) is 15.6 Å². The molecule has 20 heavy (non-hydrogen) atoms. The predicted molar refractivity (Wildman–Crippen MR) is 82.8 cm³/mol. The number of hydrogen-bond acceptors (Lipinski definition) is 5. The van der Waals surface area contributed by atoms with Crippen LogP contribution < -0.4 is 5.32 Å². The fourth-order valence-electron chi connectivity index (χ4n) is 2.05. The number of aromatic nitrogens is 1. The van der Waals surface area contributed by atoms with Crippen LogP contribution in [0.25, 0.3) is 0 Å². The number of carboxylic acid groups (broad SMARTS) is 1. The van der Waals surface area contributed by atoms with Crippen molar-refractivity contribution in [1.82, 2.24) is 15.2 Å². The lowest BCUT2D eigenvalue weighted by Crippen LogP contribution is -2.27. The van der Waals surface area contributed by atoms with E-state index in [1.165, 1.54) is 11.3 Å². The second-order valence-electron chi connectivity index (χ2n) is 4.71. The third-order valence-corrected chi connectivity index (χ3v) is 4.48. The van der Waals surface area contributed by atoms with Crippen molar-refractivity contribution in [3.8, 4) is 0 Å². The summed E-state index contributed by atoms with van der Waals surface area (Å²) in [6.45, 7) is 11.3. The fraction of sp³-hybridized carbons (Fsp3) is 0.714. The van der Waals surface area contributed by atoms with Crippen molar-refractivity contribution in [2.75, 3.05) is 32.7 Å². The molecule has 0 amide bonds. The van der Waals surface area contributed by atoms with Gasteiger partial charge >= 0.3 is 5.97 Å². The fourth-order valence-corrected chi connectivity index (χ4v) is 2.95. The van der Waals surface area contributed by atoms with Crippen LogP contribution in [-0.4, -0.2) is 53.7 Å². The van der Waals surface area contributed by atoms with E-state index in [0.29, 0.717) is 10.6 Å². The van der Waals surface area contributed by atoms with Gasteiger partial charge in [-0.25, -0.2) is 9.78 Å². The average molecular weight is 299 g/mol. The number of nitrogens with one attached hydrogen (secondary N) is 1. The van der Waals surface area contributed by atoms with Crippen molar-refractivity contribution in [3.63, 3.8) is 0 Å². The van der Waals surface area contributed by atoms with Gasteiger partial charge in [-0.05, 0) is 39.5 Å². The van der Waals surface area contributed by atoms with Crippen molar-refractivity contribution in [2.45, 2.75) is 33.6 Å². The van der Waals surface area contributed by atoms with Crippen molar-refractivity contribution in [1.29, 1.82) is 0 Å². The molecule has 0 saturated heterocycles. The van der Waals surface area contributed by atoms with Gasteiger partial charge in [-0.3, -0.25) is 0 Å². The number of carbonyl (C=O) groups is 1. The molecule has 0 aromatic carbocycles. The molecule has 0 unspecified atom stereocenters. The third-order valence-electron chi connectivity index (χ3n) is 3.27. The van der Waals surface area contributed by atoms with Gasteiger partial charge in [0.25, 0.3) is 0 Å². The Kier molecular flexibility index (Phi) is 7.72. The molecule has 0 saturated carbocycles. The Hall–Kier alpha value is -0.980. The van der Waals surface area contributed by atoms with Crippen molar-refractivity contribution >= 4 is 17.3 Å². The van der Waals surface area contributed by atoms with Crippen LogP contribution in [0.5, 0.6) is 0 Å². The molecule has 1 heterocycles. The first-order valence-electron chi connectivity index (χ1n) is 7.21. The summed E-state index contributed by atoms with van der Waals surface area (Å²) in [4.78, 5) is 18.0. The molecule has 1 rings (SSSR count). The highest BCUT2D eigenvalue weighted by molar-refractivity contribution is 7.13. The van der Waals surface area contributed by atoms with Gasteiger partial charge in [-0.1, -0.05) is 13.8 Å². The minimum Gasteiger partial charge on any atom is -0.477 e. The van der Waals surface area contributed by atoms with E-state index >= 15 is 0 Å². The Morgan fingerprint density at radius 3 is 2.60 bits per heavy atom. The number of nitrogens with zero attached hydrogens (tertiary/aromatic N) is 2. The summed E-state index contributed by atoms with van der Waals surface area (Å²) in [6.07, 6.45) is 1.93. The maximum absolute atomic E-state index is 10.9. The second-order valence-corrected chi connectivity index (χ2v) is 5.79. The normalized spacial score (nSPS) is 11.2. The van der Waals surface area contributed by atoms with Crippen LogP contribution >= 0.6 is 11.3 Å². The summed E-state index contributed by atoms with van der Waals surface area (Å²) < 4.78 is 0. The molecule has 0 aliphatic carbocycles. The van der Waals surface area contributed by atoms with E-state index in [9.17, 15) is 4.79 Å². The van der Waals surface area contributed by atoms with Crippen LogP contribution in [0.1, 0.15) is 40.6 Å². The third kappa shape index (κ3) is 5.56. The summed E-state index contributed by atoms with van der Waals surface area (Å²) in [6, 6.07) is 0. The molecule has 2 N–H and O–H groups in total. The van der Waals surface area contributed by atoms with Crippen LogP contribution in [0, 0.1) is 6.92 Å². The zero-order chi connectivity index (χ0) is 15.0. The van der Waals surface area contributed by atoms with E-state index in [-0.39, 0.29) is 0 Å². The van der Waals surface area contributed by atoms with Crippen LogP contribution in [0.4, 0.5) is 0 Å². The highest BCUT2D eigenvalue weighted by Gasteiger charge is 2.13. The highest BCUT2D eigenvalue weighted by atomic mass is 32.1. The predicted octanol–water partition coefficient (Wildman–Crippen LogP) is 2.01. The van der Waals surface area contributed by atoms with Gasteiger partial charge in [-0.15, -0.1) is 11.3 Å². The average Bonchev–Trinajstić information content (AvgIpc) is 2.79. The number of thiazole rings is 1. The summed E-state index contributed by atoms with van der Waals surface area (Å²) >= 11 is 1.28. The SMILES string of the molecule is CCN(CC)CCCNCCc1nc(C)c(C(=O)O)s1. The topological polar surface area (TPSA) is 65.5 Å². The first-order valence-corrected chi connectivity index (χ1v) is 8.02. The summed E-state index contributed by atoms with van der Waals surface area (Å²) in [7, 11) is 0. The van der Waals surface area contributed by atoms with Crippen LogP contribution in [-0.2, 0) is 6.42 Å². The van der Waals surface area contributed by atoms with E-state index in [0.717, 1.165) is 50.6 Å². The Bertz CT molecular complexity index is 417. The zero-order valence-corrected chi connectivity index (χ0v) is 13.4. The molecule has 0 spiro atoms. The van der Waals surface area contributed by atoms with E-state index in [2.05, 4.69) is 29.0 Å². The standard InChI is InChI=1S/C14H25N3O2S/c1-4-17(5-2)10-6-8-15-9-7-12-16-11(3)13(20-12)14(18)19/h15H,4-10H2,1-3H3,(H,18,19). The molecule has 1 aromatic heterocycles. The molecular formula is C14H25N3O2S. The highest BCUT2D eigenvalue weighted by Crippen LogP contribution is 2.17. The first-order chi connectivity index (χ1) is 9.58. The van der Waals surface area contributed by atoms with Crippen LogP contribution in [0.15, 0.2) is 0 Å². The van der Waals surface area contributed by atoms with Gasteiger partial charge in [0.05, 0.1) is 10.7 Å². The molecule has 6 heteroatoms. The maximum atomic E-state index is 10.9. The summed E-state index contributed by atoms with van der Waals surface area (Å²) in [5, 5.41) is 13.3. The minimum atomic E-state index is -0.876. The van der Waals surface area contributed by atoms with E-state index in [4.69, 9.17) is 5.11 Å². The van der Waals surface area contributed by atoms with Gasteiger partial charge in [0, 0.05) is 13.0 Å². The van der Waals surface area contributed by atoms with Gasteiger partial charge in [-0.2, -0.15) is 0 Å². The second kappa shape index (κ2) is 9.05. The lowest BCUT2D eigenvalue weighted by atomic mass is 10.3. The molecule has 0 fully saturated rings. The first kappa shape index (κ1) is 17.1. The van der Waals surface area contributed by atoms with Crippen LogP contribution in [0.3, 0.4) is 0 Å². The van der Waals surface area contributed by atoms with E-state index in [1.54, 1.807) is 6.92 Å². The largest absolute Gasteiger partial charge is 0.477 e. The number of rotatable bonds is 10. The lowest BCUT2D eigenvalue weighted by Gasteiger charge is -2.17. The molecule has 0 aliphatic rings. The van der Waals surface area contributed by atoms with Crippen LogP contribution in [0.2, 0.25) is 0 Å². The monoisotopic (exact) mass is 299 g/mol. The number of carboxylic acids is 1. The summed E-state index contributed by atoms with van der Waals surface area (Å²) in [5.74, 6) is -0.876. The molecule has 114 valence electrons. The maximum Gasteiger partial charge on any atom is 0.347 e. The Morgan fingerprint density at radius 2 is 2.05 bits per heavy atom. The Labute approximate surface area is 125 Å². The van der Waals surface area contributed by atoms with Gasteiger partial charge in [0.1, 0.15) is 4.88 Å². The summed E-state index contributed by atoms with van der Waals surface area (Å²) in [5.41, 5.74) is 0.624. The molecule has 0 bridgehead atoms. The van der Waals surface area contributed by atoms with Gasteiger partial charge < -0.3 is 15.3 Å². The van der Waals surface area contributed by atoms with E-state index < -0.39 is 5.97 Å². The quantitative estimate of drug-likeness (QED) is 0.647. The smallest absolute Gasteiger partial charge is 0.347 e. The van der Waals surface area contributed by atoms with Crippen molar-refractivity contribution in [2.24, 2.45) is 0 Å². The van der Waals surface area contributed by atoms with Gasteiger partial charge in [0.2, 0.25) is 0 Å². The lowest BCUT2D eigenvalue weighted by molar-refractivity contribution is 0.0701. The van der Waals surface area contributed by atoms with Crippen molar-refractivity contribution < 1.29 is 9.90 Å².